The number of unbranched alkanes of at least 4 members (excludes halogenated alkanes) is 27. The van der Waals surface area contributed by atoms with Crippen molar-refractivity contribution in [3.63, 3.8) is 0 Å². The smallest absolute Gasteiger partial charge is 0.249 e. The van der Waals surface area contributed by atoms with E-state index in [0.717, 1.165) is 70.6 Å². The molecule has 0 spiro atoms. The minimum absolute atomic E-state index is 0.344. The Morgan fingerprint density at radius 1 is 0.417 bits per heavy atom. The number of amides is 1. The van der Waals surface area contributed by atoms with Crippen molar-refractivity contribution in [1.29, 1.82) is 0 Å². The second-order valence-electron chi connectivity index (χ2n) is 17.5. The van der Waals surface area contributed by atoms with Gasteiger partial charge in [0.15, 0.2) is 0 Å². The largest absolute Gasteiger partial charge is 0.394 e. The summed E-state index contributed by atoms with van der Waals surface area (Å²) in [5.41, 5.74) is 0. The first-order chi connectivity index (χ1) is 29.5. The molecule has 5 N–H and O–H groups in total. The number of aliphatic hydroxyl groups is 4. The number of carbonyl (C=O) groups is 1. The average molecular weight is 842 g/mol. The van der Waals surface area contributed by atoms with Crippen molar-refractivity contribution in [2.24, 2.45) is 0 Å². The molecule has 6 nitrogen and oxygen atoms in total. The van der Waals surface area contributed by atoms with Gasteiger partial charge < -0.3 is 25.7 Å². The van der Waals surface area contributed by atoms with Gasteiger partial charge >= 0.3 is 0 Å². The molecular formula is C54H99NO5. The Hall–Kier alpha value is -1.99. The highest BCUT2D eigenvalue weighted by Crippen LogP contribution is 2.15. The maximum Gasteiger partial charge on any atom is 0.249 e. The number of carbonyl (C=O) groups excluding carboxylic acids is 1. The van der Waals surface area contributed by atoms with Gasteiger partial charge in [0.25, 0.3) is 0 Å². The van der Waals surface area contributed by atoms with E-state index in [-0.39, 0.29) is 0 Å². The molecule has 4 atom stereocenters. The zero-order valence-electron chi connectivity index (χ0n) is 39.4. The number of hydrogen-bond acceptors (Lipinski definition) is 5. The van der Waals surface area contributed by atoms with Crippen molar-refractivity contribution in [3.8, 4) is 0 Å². The first-order valence-corrected chi connectivity index (χ1v) is 25.7. The molecule has 6 heteroatoms. The fourth-order valence-corrected chi connectivity index (χ4v) is 7.58. The van der Waals surface area contributed by atoms with Crippen LogP contribution in [0.15, 0.2) is 60.8 Å². The zero-order valence-corrected chi connectivity index (χ0v) is 39.4. The van der Waals surface area contributed by atoms with Gasteiger partial charge in [0.1, 0.15) is 12.2 Å². The van der Waals surface area contributed by atoms with E-state index in [4.69, 9.17) is 0 Å². The first kappa shape index (κ1) is 58.0. The van der Waals surface area contributed by atoms with Crippen LogP contribution in [0.3, 0.4) is 0 Å². The van der Waals surface area contributed by atoms with Crippen molar-refractivity contribution >= 4 is 5.91 Å². The molecular weight excluding hydrogens is 743 g/mol. The van der Waals surface area contributed by atoms with Gasteiger partial charge in [0.05, 0.1) is 18.8 Å². The molecule has 350 valence electrons. The summed E-state index contributed by atoms with van der Waals surface area (Å²) in [6.07, 6.45) is 61.3. The van der Waals surface area contributed by atoms with Crippen molar-refractivity contribution < 1.29 is 25.2 Å². The summed E-state index contributed by atoms with van der Waals surface area (Å²) in [5.74, 6) is -0.609. The fraction of sp³-hybridized carbons (Fsp3) is 0.796. The van der Waals surface area contributed by atoms with Crippen LogP contribution in [0.25, 0.3) is 0 Å². The Morgan fingerprint density at radius 3 is 1.18 bits per heavy atom. The second kappa shape index (κ2) is 48.0. The van der Waals surface area contributed by atoms with Crippen molar-refractivity contribution in [3.05, 3.63) is 60.8 Å². The minimum atomic E-state index is -1.30. The van der Waals surface area contributed by atoms with Crippen molar-refractivity contribution in [2.75, 3.05) is 6.61 Å². The monoisotopic (exact) mass is 842 g/mol. The van der Waals surface area contributed by atoms with Gasteiger partial charge in [-0.3, -0.25) is 4.79 Å². The summed E-state index contributed by atoms with van der Waals surface area (Å²) in [6, 6.07) is -1.02. The number of nitrogens with one attached hydrogen (secondary N) is 1. The van der Waals surface area contributed by atoms with Gasteiger partial charge in [-0.1, -0.05) is 209 Å². The third kappa shape index (κ3) is 41.4. The Kier molecular flexibility index (Phi) is 46.5. The van der Waals surface area contributed by atoms with Gasteiger partial charge in [-0.2, -0.15) is 0 Å². The van der Waals surface area contributed by atoms with E-state index >= 15 is 0 Å². The summed E-state index contributed by atoms with van der Waals surface area (Å²) >= 11 is 0. The molecule has 0 bridgehead atoms. The maximum atomic E-state index is 12.5. The number of hydrogen-bond donors (Lipinski definition) is 5. The average Bonchev–Trinajstić information content (AvgIpc) is 3.25. The predicted octanol–water partition coefficient (Wildman–Crippen LogP) is 14.4. The van der Waals surface area contributed by atoms with Gasteiger partial charge in [-0.15, -0.1) is 0 Å². The number of allylic oxidation sites excluding steroid dienone is 10. The van der Waals surface area contributed by atoms with E-state index < -0.39 is 36.9 Å². The lowest BCUT2D eigenvalue weighted by Crippen LogP contribution is -2.53. The lowest BCUT2D eigenvalue weighted by atomic mass is 10.00. The molecule has 0 aromatic heterocycles. The van der Waals surface area contributed by atoms with E-state index in [2.05, 4.69) is 79.9 Å². The highest BCUT2D eigenvalue weighted by Gasteiger charge is 2.28. The molecule has 60 heavy (non-hydrogen) atoms. The molecule has 1 amide bonds. The van der Waals surface area contributed by atoms with Crippen molar-refractivity contribution in [1.82, 2.24) is 5.32 Å². The van der Waals surface area contributed by atoms with Crippen molar-refractivity contribution in [2.45, 2.75) is 269 Å². The SMILES string of the molecule is CCCCC/C=C\C/C=C\CCCCCCCCC(O)C(=O)NC(CO)C(O)C(O)CCC/C=C/CC/C=C/CC/C=C/CCCCCCCCCCCCCCCCC. The lowest BCUT2D eigenvalue weighted by molar-refractivity contribution is -0.132. The summed E-state index contributed by atoms with van der Waals surface area (Å²) < 4.78 is 0. The zero-order chi connectivity index (χ0) is 43.8. The minimum Gasteiger partial charge on any atom is -0.394 e. The van der Waals surface area contributed by atoms with E-state index in [1.807, 2.05) is 0 Å². The van der Waals surface area contributed by atoms with Crippen LogP contribution < -0.4 is 5.32 Å². The topological polar surface area (TPSA) is 110 Å². The molecule has 0 aromatic carbocycles. The normalized spacial score (nSPS) is 14.4. The molecule has 0 aliphatic carbocycles. The molecule has 0 heterocycles. The van der Waals surface area contributed by atoms with E-state index in [0.29, 0.717) is 19.3 Å². The van der Waals surface area contributed by atoms with Crippen LogP contribution in [-0.4, -0.2) is 57.3 Å². The standard InChI is InChI=1S/C54H99NO5/c1-3-5-7-9-11-13-15-17-19-21-22-23-24-25-26-27-28-29-30-31-32-34-35-37-39-41-43-45-47-51(57)53(59)50(49-56)55-54(60)52(58)48-46-44-42-40-38-36-33-20-18-16-14-12-10-8-6-4-2/h12,14,18,20,28-29,32,34,39,41,50-53,56-59H,3-11,13,15-17,19,21-27,30-31,33,35-38,40,42-49H2,1-2H3,(H,55,60)/b14-12-,20-18-,29-28+,34-32+,41-39+. The highest BCUT2D eigenvalue weighted by atomic mass is 16.3. The molecule has 0 saturated heterocycles. The maximum absolute atomic E-state index is 12.5. The van der Waals surface area contributed by atoms with Crippen LogP contribution in [0.5, 0.6) is 0 Å². The Morgan fingerprint density at radius 2 is 0.750 bits per heavy atom. The molecule has 0 rings (SSSR count). The van der Waals surface area contributed by atoms with E-state index in [1.165, 1.54) is 141 Å². The Bertz CT molecular complexity index is 1040. The fourth-order valence-electron chi connectivity index (χ4n) is 7.58. The summed E-state index contributed by atoms with van der Waals surface area (Å²) in [4.78, 5) is 12.5. The molecule has 0 aliphatic rings. The van der Waals surface area contributed by atoms with Crippen LogP contribution >= 0.6 is 0 Å². The molecule has 0 aliphatic heterocycles. The van der Waals surface area contributed by atoms with Crippen LogP contribution in [0.2, 0.25) is 0 Å². The number of rotatable bonds is 46. The third-order valence-electron chi connectivity index (χ3n) is 11.7. The summed E-state index contributed by atoms with van der Waals surface area (Å²) in [7, 11) is 0. The van der Waals surface area contributed by atoms with Gasteiger partial charge in [0.2, 0.25) is 5.91 Å². The highest BCUT2D eigenvalue weighted by molar-refractivity contribution is 5.80. The van der Waals surface area contributed by atoms with Crippen LogP contribution in [0.4, 0.5) is 0 Å². The Labute approximate surface area is 372 Å². The summed E-state index contributed by atoms with van der Waals surface area (Å²) in [6.45, 7) is 4.01. The van der Waals surface area contributed by atoms with Crippen LogP contribution in [-0.2, 0) is 4.79 Å². The van der Waals surface area contributed by atoms with Gasteiger partial charge in [-0.05, 0) is 96.3 Å². The van der Waals surface area contributed by atoms with E-state index in [9.17, 15) is 25.2 Å². The quantitative estimate of drug-likeness (QED) is 0.0310. The Balaban J connectivity index is 3.76. The van der Waals surface area contributed by atoms with Gasteiger partial charge in [0, 0.05) is 0 Å². The first-order valence-electron chi connectivity index (χ1n) is 25.7. The van der Waals surface area contributed by atoms with E-state index in [1.54, 1.807) is 0 Å². The molecule has 0 saturated carbocycles. The number of aliphatic hydroxyl groups excluding tert-OH is 4. The summed E-state index contributed by atoms with van der Waals surface area (Å²) in [5, 5.41) is 43.8. The van der Waals surface area contributed by atoms with Gasteiger partial charge in [-0.25, -0.2) is 0 Å². The lowest BCUT2D eigenvalue weighted by Gasteiger charge is -2.27. The second-order valence-corrected chi connectivity index (χ2v) is 17.5. The molecule has 0 fully saturated rings. The predicted molar refractivity (Wildman–Crippen MR) is 260 cm³/mol. The van der Waals surface area contributed by atoms with Crippen LogP contribution in [0, 0.1) is 0 Å². The van der Waals surface area contributed by atoms with Crippen LogP contribution in [0.1, 0.15) is 245 Å². The third-order valence-corrected chi connectivity index (χ3v) is 11.7. The molecule has 0 aromatic rings. The molecule has 4 unspecified atom stereocenters. The molecule has 0 radical (unpaired) electrons.